The number of halogens is 4. The second kappa shape index (κ2) is 18.3. The fraction of sp³-hybridized carbons (Fsp3) is 0.235. The van der Waals surface area contributed by atoms with Gasteiger partial charge in [0.1, 0.15) is 34.2 Å². The lowest BCUT2D eigenvalue weighted by Gasteiger charge is -2.38. The normalized spacial score (nSPS) is 13.6. The number of pyridine rings is 1. The first kappa shape index (κ1) is 46.5. The van der Waals surface area contributed by atoms with Crippen molar-refractivity contribution in [3.8, 4) is 11.1 Å². The fourth-order valence-corrected chi connectivity index (χ4v) is 9.40. The lowest BCUT2D eigenvalue weighted by molar-refractivity contribution is 0.0240. The Balaban J connectivity index is 1.32. The number of hydrogen-bond donors (Lipinski definition) is 1. The summed E-state index contributed by atoms with van der Waals surface area (Å²) in [5.74, 6) is -5.47. The number of amides is 1. The Labute approximate surface area is 386 Å². The lowest BCUT2D eigenvalue weighted by Crippen LogP contribution is -2.50. The molecule has 1 aliphatic rings. The van der Waals surface area contributed by atoms with Crippen LogP contribution in [-0.2, 0) is 20.5 Å². The second-order valence-corrected chi connectivity index (χ2v) is 19.0. The third kappa shape index (κ3) is 8.86. The van der Waals surface area contributed by atoms with Gasteiger partial charge in [0.2, 0.25) is 5.78 Å². The molecule has 1 saturated heterocycles. The van der Waals surface area contributed by atoms with E-state index in [1.54, 1.807) is 37.2 Å². The summed E-state index contributed by atoms with van der Waals surface area (Å²) in [7, 11) is -3.04. The summed E-state index contributed by atoms with van der Waals surface area (Å²) < 4.78 is 102. The van der Waals surface area contributed by atoms with Gasteiger partial charge < -0.3 is 19.1 Å². The molecule has 0 atom stereocenters. The predicted octanol–water partition coefficient (Wildman–Crippen LogP) is 10.00. The van der Waals surface area contributed by atoms with Gasteiger partial charge in [-0.3, -0.25) is 9.52 Å². The largest absolute Gasteiger partial charge is 0.444 e. The number of hydrogen-bond acceptors (Lipinski definition) is 7. The maximum atomic E-state index is 16.6. The summed E-state index contributed by atoms with van der Waals surface area (Å²) in [4.78, 5) is 35.7. The Morgan fingerprint density at radius 1 is 0.761 bits per heavy atom. The molecule has 11 nitrogen and oxygen atoms in total. The van der Waals surface area contributed by atoms with E-state index < -0.39 is 67.7 Å². The molecule has 7 aromatic rings. The highest BCUT2D eigenvalue weighted by Crippen LogP contribution is 2.45. The number of carbonyl (C=O) groups is 2. The van der Waals surface area contributed by atoms with E-state index in [4.69, 9.17) is 9.72 Å². The van der Waals surface area contributed by atoms with Gasteiger partial charge in [0, 0.05) is 74.7 Å². The number of anilines is 2. The molecule has 1 amide bonds. The number of piperazine rings is 1. The standard InChI is InChI=1S/C51H48F4N6O5S/c1-6-58(5)67(64,65)57-43-23-22-40(52)45(46(43)55)47(62)39-32-61(51(34-16-10-7-11-17-34,35-18-12-8-13-19-35)36-20-14-9-15-21-36)48-38(39)28-33(31-56-48)37-29-42(54)44(30-41(37)53)59-24-26-60(27-25-59)49(63)66-50(2,3)4/h7-23,28-32,57H,6,24-27H2,1-5H3. The average Bonchev–Trinajstić information content (AvgIpc) is 3.70. The smallest absolute Gasteiger partial charge is 0.410 e. The molecular formula is C51H48F4N6O5S. The van der Waals surface area contributed by atoms with E-state index >= 15 is 22.4 Å². The highest BCUT2D eigenvalue weighted by Gasteiger charge is 2.41. The molecule has 1 N–H and O–H groups in total. The topological polar surface area (TPSA) is 117 Å². The van der Waals surface area contributed by atoms with E-state index in [1.165, 1.54) is 30.4 Å². The van der Waals surface area contributed by atoms with Crippen molar-refractivity contribution >= 4 is 44.5 Å². The summed E-state index contributed by atoms with van der Waals surface area (Å²) in [6.07, 6.45) is 2.28. The van der Waals surface area contributed by atoms with Crippen molar-refractivity contribution in [3.63, 3.8) is 0 Å². The number of benzene rings is 5. The first-order valence-corrected chi connectivity index (χ1v) is 23.1. The van der Waals surface area contributed by atoms with Crippen LogP contribution in [0.15, 0.2) is 134 Å². The van der Waals surface area contributed by atoms with E-state index in [0.717, 1.165) is 45.3 Å². The number of rotatable bonds is 12. The molecule has 0 bridgehead atoms. The van der Waals surface area contributed by atoms with Crippen LogP contribution in [-0.4, -0.2) is 84.4 Å². The summed E-state index contributed by atoms with van der Waals surface area (Å²) >= 11 is 0. The van der Waals surface area contributed by atoms with Gasteiger partial charge in [-0.05, 0) is 61.7 Å². The zero-order valence-corrected chi connectivity index (χ0v) is 38.3. The van der Waals surface area contributed by atoms with Crippen molar-refractivity contribution in [2.75, 3.05) is 49.4 Å². The van der Waals surface area contributed by atoms with Crippen molar-refractivity contribution in [2.45, 2.75) is 38.8 Å². The third-order valence-electron chi connectivity index (χ3n) is 11.9. The SMILES string of the molecule is CCN(C)S(=O)(=O)Nc1ccc(F)c(C(=O)c2cn(C(c3ccccc3)(c3ccccc3)c3ccccc3)c3ncc(-c4cc(F)c(N5CCN(C(=O)OC(C)(C)C)CC5)cc4F)cc23)c1F. The minimum Gasteiger partial charge on any atom is -0.444 e. The number of ketones is 1. The van der Waals surface area contributed by atoms with Gasteiger partial charge in [-0.2, -0.15) is 12.7 Å². The molecule has 3 heterocycles. The van der Waals surface area contributed by atoms with Crippen LogP contribution in [0.5, 0.6) is 0 Å². The number of nitrogens with zero attached hydrogens (tertiary/aromatic N) is 5. The molecule has 5 aromatic carbocycles. The summed E-state index contributed by atoms with van der Waals surface area (Å²) in [5, 5.41) is 0.0346. The van der Waals surface area contributed by atoms with Crippen LogP contribution in [0.3, 0.4) is 0 Å². The molecule has 67 heavy (non-hydrogen) atoms. The summed E-state index contributed by atoms with van der Waals surface area (Å²) in [6.45, 7) is 7.73. The Morgan fingerprint density at radius 2 is 1.33 bits per heavy atom. The first-order chi connectivity index (χ1) is 31.9. The molecule has 16 heteroatoms. The van der Waals surface area contributed by atoms with Crippen molar-refractivity contribution in [2.24, 2.45) is 0 Å². The van der Waals surface area contributed by atoms with Gasteiger partial charge in [-0.1, -0.05) is 97.9 Å². The van der Waals surface area contributed by atoms with Crippen molar-refractivity contribution < 1.29 is 40.3 Å². The van der Waals surface area contributed by atoms with Crippen LogP contribution < -0.4 is 9.62 Å². The van der Waals surface area contributed by atoms with E-state index in [-0.39, 0.29) is 66.1 Å². The zero-order chi connectivity index (χ0) is 47.8. The fourth-order valence-electron chi connectivity index (χ4n) is 8.46. The van der Waals surface area contributed by atoms with Gasteiger partial charge in [-0.15, -0.1) is 0 Å². The van der Waals surface area contributed by atoms with Gasteiger partial charge in [0.15, 0.2) is 5.82 Å². The first-order valence-electron chi connectivity index (χ1n) is 21.6. The molecule has 0 saturated carbocycles. The van der Waals surface area contributed by atoms with E-state index in [1.807, 2.05) is 91.0 Å². The van der Waals surface area contributed by atoms with Gasteiger partial charge in [0.25, 0.3) is 0 Å². The molecule has 346 valence electrons. The Bertz CT molecular complexity index is 2990. The molecular weight excluding hydrogens is 885 g/mol. The lowest BCUT2D eigenvalue weighted by atomic mass is 9.76. The van der Waals surface area contributed by atoms with E-state index in [2.05, 4.69) is 4.72 Å². The van der Waals surface area contributed by atoms with Crippen LogP contribution in [0.25, 0.3) is 22.2 Å². The maximum Gasteiger partial charge on any atom is 0.410 e. The van der Waals surface area contributed by atoms with E-state index in [0.29, 0.717) is 0 Å². The molecule has 0 radical (unpaired) electrons. The Kier molecular flexibility index (Phi) is 12.7. The Hall–Kier alpha value is -7.04. The molecule has 1 fully saturated rings. The number of ether oxygens (including phenoxy) is 1. The predicted molar refractivity (Wildman–Crippen MR) is 250 cm³/mol. The maximum absolute atomic E-state index is 16.6. The number of aromatic nitrogens is 2. The molecule has 0 spiro atoms. The molecule has 8 rings (SSSR count). The molecule has 0 aliphatic carbocycles. The molecule has 1 aliphatic heterocycles. The molecule has 0 unspecified atom stereocenters. The van der Waals surface area contributed by atoms with Crippen LogP contribution in [0.2, 0.25) is 0 Å². The average molecular weight is 933 g/mol. The molecule has 2 aromatic heterocycles. The van der Waals surface area contributed by atoms with Crippen LogP contribution in [0, 0.1) is 23.3 Å². The van der Waals surface area contributed by atoms with E-state index in [9.17, 15) is 13.2 Å². The second-order valence-electron chi connectivity index (χ2n) is 17.2. The van der Waals surface area contributed by atoms with Gasteiger partial charge in [0.05, 0.1) is 22.5 Å². The number of fused-ring (bicyclic) bond motifs is 1. The minimum atomic E-state index is -4.31. The number of carbonyl (C=O) groups excluding carboxylic acids is 2. The van der Waals surface area contributed by atoms with Gasteiger partial charge >= 0.3 is 16.3 Å². The number of nitrogens with one attached hydrogen (secondary N) is 1. The summed E-state index contributed by atoms with van der Waals surface area (Å²) in [5.41, 5.74) is -1.86. The van der Waals surface area contributed by atoms with Crippen LogP contribution in [0.4, 0.5) is 33.7 Å². The summed E-state index contributed by atoms with van der Waals surface area (Å²) in [6, 6.07) is 33.3. The Morgan fingerprint density at radius 3 is 1.87 bits per heavy atom. The van der Waals surface area contributed by atoms with Crippen molar-refractivity contribution in [1.82, 2.24) is 18.8 Å². The minimum absolute atomic E-state index is 0.0221. The van der Waals surface area contributed by atoms with Crippen LogP contribution in [0.1, 0.15) is 60.3 Å². The monoisotopic (exact) mass is 932 g/mol. The van der Waals surface area contributed by atoms with Crippen LogP contribution >= 0.6 is 0 Å². The zero-order valence-electron chi connectivity index (χ0n) is 37.4. The highest BCUT2D eigenvalue weighted by molar-refractivity contribution is 7.90. The van der Waals surface area contributed by atoms with Crippen molar-refractivity contribution in [3.05, 3.63) is 185 Å². The highest BCUT2D eigenvalue weighted by atomic mass is 32.2. The van der Waals surface area contributed by atoms with Crippen molar-refractivity contribution in [1.29, 1.82) is 0 Å². The third-order valence-corrected chi connectivity index (χ3v) is 13.4. The van der Waals surface area contributed by atoms with Gasteiger partial charge in [-0.25, -0.2) is 27.3 Å². The quantitative estimate of drug-likeness (QED) is 0.0737.